The van der Waals surface area contributed by atoms with Crippen LogP contribution in [0, 0.1) is 5.92 Å². The molecule has 2 rings (SSSR count). The van der Waals surface area contributed by atoms with E-state index >= 15 is 0 Å². The molecule has 2 fully saturated rings. The first kappa shape index (κ1) is 9.00. The van der Waals surface area contributed by atoms with Crippen LogP contribution in [0.2, 0.25) is 0 Å². The predicted octanol–water partition coefficient (Wildman–Crippen LogP) is 1.08. The summed E-state index contributed by atoms with van der Waals surface area (Å²) in [4.78, 5) is 11.5. The van der Waals surface area contributed by atoms with Gasteiger partial charge < -0.3 is 10.1 Å². The Morgan fingerprint density at radius 2 is 2.15 bits per heavy atom. The van der Waals surface area contributed by atoms with Crippen molar-refractivity contribution < 1.29 is 9.53 Å². The third kappa shape index (κ3) is 1.70. The van der Waals surface area contributed by atoms with E-state index in [0.29, 0.717) is 18.7 Å². The van der Waals surface area contributed by atoms with Gasteiger partial charge in [0.1, 0.15) is 0 Å². The lowest BCUT2D eigenvalue weighted by molar-refractivity contribution is -0.149. The molecule has 2 aliphatic heterocycles. The molecule has 2 saturated heterocycles. The van der Waals surface area contributed by atoms with Gasteiger partial charge in [-0.25, -0.2) is 0 Å². The maximum atomic E-state index is 11.5. The van der Waals surface area contributed by atoms with Crippen molar-refractivity contribution in [3.8, 4) is 0 Å². The number of ether oxygens (including phenoxy) is 1. The summed E-state index contributed by atoms with van der Waals surface area (Å²) < 4.78 is 5.05. The van der Waals surface area contributed by atoms with E-state index < -0.39 is 0 Å². The molecule has 0 radical (unpaired) electrons. The molecule has 0 aromatic carbocycles. The lowest BCUT2D eigenvalue weighted by atomic mass is 9.92. The highest BCUT2D eigenvalue weighted by Gasteiger charge is 2.39. The van der Waals surface area contributed by atoms with Gasteiger partial charge in [-0.1, -0.05) is 0 Å². The second-order valence-electron chi connectivity index (χ2n) is 3.98. The van der Waals surface area contributed by atoms with Gasteiger partial charge in [-0.15, -0.1) is 0 Å². The molecule has 0 spiro atoms. The topological polar surface area (TPSA) is 38.3 Å². The Hall–Kier alpha value is -0.570. The minimum Gasteiger partial charge on any atom is -0.466 e. The van der Waals surface area contributed by atoms with Gasteiger partial charge in [0.15, 0.2) is 0 Å². The molecule has 0 saturated carbocycles. The average Bonchev–Trinajstić information content (AvgIpc) is 2.48. The van der Waals surface area contributed by atoms with Crippen LogP contribution in [0.1, 0.15) is 32.6 Å². The van der Waals surface area contributed by atoms with Crippen molar-refractivity contribution in [3.63, 3.8) is 0 Å². The number of rotatable bonds is 2. The molecular weight excluding hydrogens is 166 g/mol. The highest BCUT2D eigenvalue weighted by atomic mass is 16.5. The van der Waals surface area contributed by atoms with E-state index in [1.165, 1.54) is 6.42 Å². The summed E-state index contributed by atoms with van der Waals surface area (Å²) in [6, 6.07) is 1.08. The molecule has 3 heteroatoms. The molecule has 0 aromatic rings. The van der Waals surface area contributed by atoms with Crippen LogP contribution >= 0.6 is 0 Å². The second-order valence-corrected chi connectivity index (χ2v) is 3.98. The molecule has 0 aromatic heterocycles. The minimum absolute atomic E-state index is 0.000324. The Balaban J connectivity index is 1.95. The molecule has 2 heterocycles. The van der Waals surface area contributed by atoms with Crippen molar-refractivity contribution in [2.24, 2.45) is 5.92 Å². The van der Waals surface area contributed by atoms with Crippen molar-refractivity contribution in [2.45, 2.75) is 44.7 Å². The molecule has 0 amide bonds. The fourth-order valence-corrected chi connectivity index (χ4v) is 2.51. The number of hydrogen-bond acceptors (Lipinski definition) is 3. The van der Waals surface area contributed by atoms with E-state index in [9.17, 15) is 4.79 Å². The van der Waals surface area contributed by atoms with Gasteiger partial charge in [0.2, 0.25) is 0 Å². The maximum Gasteiger partial charge on any atom is 0.310 e. The van der Waals surface area contributed by atoms with E-state index in [4.69, 9.17) is 4.74 Å². The third-order valence-electron chi connectivity index (χ3n) is 3.18. The normalized spacial score (nSPS) is 37.5. The Kier molecular flexibility index (Phi) is 2.54. The maximum absolute atomic E-state index is 11.5. The fraction of sp³-hybridized carbons (Fsp3) is 0.900. The number of fused-ring (bicyclic) bond motifs is 2. The minimum atomic E-state index is 0.000324. The van der Waals surface area contributed by atoms with E-state index in [-0.39, 0.29) is 11.9 Å². The van der Waals surface area contributed by atoms with Crippen LogP contribution in [0.15, 0.2) is 0 Å². The van der Waals surface area contributed by atoms with Crippen molar-refractivity contribution in [1.82, 2.24) is 5.32 Å². The van der Waals surface area contributed by atoms with E-state index in [2.05, 4.69) is 5.32 Å². The molecule has 1 N–H and O–H groups in total. The monoisotopic (exact) mass is 183 g/mol. The van der Waals surface area contributed by atoms with Crippen LogP contribution in [0.3, 0.4) is 0 Å². The smallest absolute Gasteiger partial charge is 0.310 e. The number of piperidine rings is 1. The summed E-state index contributed by atoms with van der Waals surface area (Å²) in [5.41, 5.74) is 0. The molecule has 0 aliphatic carbocycles. The van der Waals surface area contributed by atoms with Gasteiger partial charge in [0, 0.05) is 12.1 Å². The fourth-order valence-electron chi connectivity index (χ4n) is 2.51. The highest BCUT2D eigenvalue weighted by Crippen LogP contribution is 2.31. The summed E-state index contributed by atoms with van der Waals surface area (Å²) >= 11 is 0. The molecule has 2 aliphatic rings. The van der Waals surface area contributed by atoms with E-state index in [0.717, 1.165) is 19.3 Å². The molecule has 2 unspecified atom stereocenters. The predicted molar refractivity (Wildman–Crippen MR) is 49.3 cm³/mol. The number of esters is 1. The zero-order valence-electron chi connectivity index (χ0n) is 8.08. The number of nitrogens with one attached hydrogen (secondary N) is 1. The van der Waals surface area contributed by atoms with Crippen LogP contribution in [-0.2, 0) is 9.53 Å². The number of carbonyl (C=O) groups excluding carboxylic acids is 1. The van der Waals surface area contributed by atoms with Crippen LogP contribution in [-0.4, -0.2) is 24.7 Å². The van der Waals surface area contributed by atoms with Crippen molar-refractivity contribution in [2.75, 3.05) is 6.61 Å². The standard InChI is InChI=1S/C10H17NO2/c1-2-13-10(12)8-5-3-7-4-6-9(8)11-7/h7-9,11H,2-6H2,1H3/t7?,8?,9-/m0/s1. The van der Waals surface area contributed by atoms with Gasteiger partial charge in [-0.2, -0.15) is 0 Å². The summed E-state index contributed by atoms with van der Waals surface area (Å²) in [5, 5.41) is 3.48. The Labute approximate surface area is 78.8 Å². The molecule has 3 atom stereocenters. The van der Waals surface area contributed by atoms with Crippen LogP contribution < -0.4 is 5.32 Å². The summed E-state index contributed by atoms with van der Waals surface area (Å²) in [7, 11) is 0. The number of hydrogen-bond donors (Lipinski definition) is 1. The Morgan fingerprint density at radius 3 is 2.92 bits per heavy atom. The summed E-state index contributed by atoms with van der Waals surface area (Å²) in [6.07, 6.45) is 4.54. The first-order valence-corrected chi connectivity index (χ1v) is 5.24. The molecule has 13 heavy (non-hydrogen) atoms. The lowest BCUT2D eigenvalue weighted by Crippen LogP contribution is -2.44. The van der Waals surface area contributed by atoms with E-state index in [1.807, 2.05) is 6.92 Å². The third-order valence-corrected chi connectivity index (χ3v) is 3.18. The zero-order chi connectivity index (χ0) is 9.26. The Bertz CT molecular complexity index is 205. The van der Waals surface area contributed by atoms with Gasteiger partial charge in [0.05, 0.1) is 12.5 Å². The van der Waals surface area contributed by atoms with Crippen molar-refractivity contribution in [1.29, 1.82) is 0 Å². The lowest BCUT2D eigenvalue weighted by Gasteiger charge is -2.28. The second kappa shape index (κ2) is 3.66. The molecule has 3 nitrogen and oxygen atoms in total. The molecular formula is C10H17NO2. The van der Waals surface area contributed by atoms with Crippen LogP contribution in [0.4, 0.5) is 0 Å². The van der Waals surface area contributed by atoms with Crippen LogP contribution in [0.5, 0.6) is 0 Å². The van der Waals surface area contributed by atoms with Crippen LogP contribution in [0.25, 0.3) is 0 Å². The zero-order valence-corrected chi connectivity index (χ0v) is 8.08. The molecule has 74 valence electrons. The first-order chi connectivity index (χ1) is 6.31. The highest BCUT2D eigenvalue weighted by molar-refractivity contribution is 5.73. The van der Waals surface area contributed by atoms with Gasteiger partial charge in [-0.3, -0.25) is 4.79 Å². The SMILES string of the molecule is CCOC(=O)C1CCC2CC[C@@H]1N2. The van der Waals surface area contributed by atoms with E-state index in [1.54, 1.807) is 0 Å². The quantitative estimate of drug-likeness (QED) is 0.651. The largest absolute Gasteiger partial charge is 0.466 e. The van der Waals surface area contributed by atoms with Crippen molar-refractivity contribution in [3.05, 3.63) is 0 Å². The summed E-state index contributed by atoms with van der Waals surface area (Å²) in [6.45, 7) is 2.37. The Morgan fingerprint density at radius 1 is 1.38 bits per heavy atom. The van der Waals surface area contributed by atoms with Gasteiger partial charge >= 0.3 is 5.97 Å². The van der Waals surface area contributed by atoms with Crippen molar-refractivity contribution >= 4 is 5.97 Å². The number of carbonyl (C=O) groups is 1. The summed E-state index contributed by atoms with van der Waals surface area (Å²) in [5.74, 6) is 0.124. The molecule has 2 bridgehead atoms. The first-order valence-electron chi connectivity index (χ1n) is 5.24. The average molecular weight is 183 g/mol. The van der Waals surface area contributed by atoms with Gasteiger partial charge in [0.25, 0.3) is 0 Å². The van der Waals surface area contributed by atoms with Gasteiger partial charge in [-0.05, 0) is 32.6 Å².